The molecule has 0 aromatic carbocycles. The monoisotopic (exact) mass is 312 g/mol. The highest BCUT2D eigenvalue weighted by Crippen LogP contribution is 2.27. The minimum atomic E-state index is -0.144. The Balaban J connectivity index is 1.91. The minimum absolute atomic E-state index is 0.144. The fourth-order valence-electron chi connectivity index (χ4n) is 2.48. The molecule has 0 saturated heterocycles. The number of nitrogens with zero attached hydrogens (tertiary/aromatic N) is 4. The van der Waals surface area contributed by atoms with Crippen LogP contribution >= 0.6 is 23.2 Å². The van der Waals surface area contributed by atoms with E-state index < -0.39 is 0 Å². The SMILES string of the molecule is CC(Cl)c1nc2cc(Cl)cnc2n1CCN(C)C1CC1. The van der Waals surface area contributed by atoms with E-state index in [1.165, 1.54) is 12.8 Å². The second kappa shape index (κ2) is 5.51. The summed E-state index contributed by atoms with van der Waals surface area (Å²) in [4.78, 5) is 11.4. The Morgan fingerprint density at radius 1 is 1.50 bits per heavy atom. The van der Waals surface area contributed by atoms with Gasteiger partial charge in [-0.3, -0.25) is 0 Å². The molecule has 2 heterocycles. The lowest BCUT2D eigenvalue weighted by Gasteiger charge is -2.17. The summed E-state index contributed by atoms with van der Waals surface area (Å²) in [5.74, 6) is 0.862. The third-order valence-electron chi connectivity index (χ3n) is 3.78. The standard InChI is InChI=1S/C14H18Cl2N4/c1-9(15)13-18-12-7-10(16)8-17-14(12)20(13)6-5-19(2)11-3-4-11/h7-9,11H,3-6H2,1-2H3. The molecule has 0 aliphatic heterocycles. The number of likely N-dealkylation sites (N-methyl/N-ethyl adjacent to an activating group) is 1. The Morgan fingerprint density at radius 3 is 2.90 bits per heavy atom. The quantitative estimate of drug-likeness (QED) is 0.793. The van der Waals surface area contributed by atoms with Crippen molar-refractivity contribution < 1.29 is 0 Å². The molecule has 6 heteroatoms. The molecular weight excluding hydrogens is 295 g/mol. The molecule has 108 valence electrons. The molecule has 0 N–H and O–H groups in total. The van der Waals surface area contributed by atoms with Crippen LogP contribution in [0, 0.1) is 0 Å². The number of aromatic nitrogens is 3. The van der Waals surface area contributed by atoms with Crippen LogP contribution in [0.25, 0.3) is 11.2 Å². The maximum Gasteiger partial charge on any atom is 0.160 e. The maximum absolute atomic E-state index is 6.25. The number of halogens is 2. The Hall–Kier alpha value is -0.840. The van der Waals surface area contributed by atoms with Crippen molar-refractivity contribution in [2.75, 3.05) is 13.6 Å². The zero-order chi connectivity index (χ0) is 14.3. The zero-order valence-corrected chi connectivity index (χ0v) is 13.2. The summed E-state index contributed by atoms with van der Waals surface area (Å²) in [7, 11) is 2.17. The lowest BCUT2D eigenvalue weighted by atomic mass is 10.4. The van der Waals surface area contributed by atoms with Crippen LogP contribution in [-0.2, 0) is 6.54 Å². The molecule has 2 aromatic heterocycles. The fraction of sp³-hybridized carbons (Fsp3) is 0.571. The van der Waals surface area contributed by atoms with E-state index in [2.05, 4.69) is 26.5 Å². The predicted octanol–water partition coefficient (Wildman–Crippen LogP) is 3.48. The first-order valence-electron chi connectivity index (χ1n) is 6.92. The summed E-state index contributed by atoms with van der Waals surface area (Å²) in [6.07, 6.45) is 4.29. The Labute approximate surface area is 128 Å². The van der Waals surface area contributed by atoms with Crippen molar-refractivity contribution in [2.24, 2.45) is 0 Å². The number of pyridine rings is 1. The van der Waals surface area contributed by atoms with Gasteiger partial charge in [-0.2, -0.15) is 0 Å². The van der Waals surface area contributed by atoms with Crippen molar-refractivity contribution in [1.29, 1.82) is 0 Å². The highest BCUT2D eigenvalue weighted by molar-refractivity contribution is 6.31. The summed E-state index contributed by atoms with van der Waals surface area (Å²) < 4.78 is 2.11. The van der Waals surface area contributed by atoms with Crippen LogP contribution in [0.1, 0.15) is 31.0 Å². The number of rotatable bonds is 5. The van der Waals surface area contributed by atoms with Gasteiger partial charge in [-0.1, -0.05) is 11.6 Å². The normalized spacial score (nSPS) is 17.1. The molecule has 0 radical (unpaired) electrons. The van der Waals surface area contributed by atoms with Crippen LogP contribution in [0.3, 0.4) is 0 Å². The first-order valence-corrected chi connectivity index (χ1v) is 7.73. The van der Waals surface area contributed by atoms with Gasteiger partial charge in [-0.25, -0.2) is 9.97 Å². The number of imidazole rings is 1. The Morgan fingerprint density at radius 2 is 2.25 bits per heavy atom. The van der Waals surface area contributed by atoms with Crippen LogP contribution in [0.4, 0.5) is 0 Å². The molecule has 1 fully saturated rings. The molecule has 0 bridgehead atoms. The Bertz CT molecular complexity index is 619. The fourth-order valence-corrected chi connectivity index (χ4v) is 2.80. The largest absolute Gasteiger partial charge is 0.310 e. The average molecular weight is 313 g/mol. The van der Waals surface area contributed by atoms with Crippen LogP contribution in [0.2, 0.25) is 5.02 Å². The first kappa shape index (κ1) is 14.1. The molecule has 1 atom stereocenters. The Kier molecular flexibility index (Phi) is 3.89. The van der Waals surface area contributed by atoms with Gasteiger partial charge >= 0.3 is 0 Å². The lowest BCUT2D eigenvalue weighted by molar-refractivity contribution is 0.309. The number of alkyl halides is 1. The highest BCUT2D eigenvalue weighted by Gasteiger charge is 2.26. The van der Waals surface area contributed by atoms with E-state index in [0.717, 1.165) is 36.1 Å². The molecule has 0 spiro atoms. The van der Waals surface area contributed by atoms with Gasteiger partial charge in [0.05, 0.1) is 10.4 Å². The molecular formula is C14H18Cl2N4. The van der Waals surface area contributed by atoms with Gasteiger partial charge in [0, 0.05) is 25.3 Å². The van der Waals surface area contributed by atoms with Gasteiger partial charge in [0.15, 0.2) is 5.65 Å². The topological polar surface area (TPSA) is 34.0 Å². The van der Waals surface area contributed by atoms with E-state index in [-0.39, 0.29) is 5.38 Å². The van der Waals surface area contributed by atoms with Crippen molar-refractivity contribution in [2.45, 2.75) is 37.7 Å². The van der Waals surface area contributed by atoms with Gasteiger partial charge < -0.3 is 9.47 Å². The van der Waals surface area contributed by atoms with Crippen LogP contribution < -0.4 is 0 Å². The number of fused-ring (bicyclic) bond motifs is 1. The van der Waals surface area contributed by atoms with E-state index >= 15 is 0 Å². The molecule has 2 aromatic rings. The molecule has 1 aliphatic carbocycles. The maximum atomic E-state index is 6.25. The van der Waals surface area contributed by atoms with E-state index in [4.69, 9.17) is 23.2 Å². The van der Waals surface area contributed by atoms with Gasteiger partial charge in [0.2, 0.25) is 0 Å². The zero-order valence-electron chi connectivity index (χ0n) is 11.7. The summed E-state index contributed by atoms with van der Waals surface area (Å²) in [5, 5.41) is 0.459. The molecule has 1 aliphatic rings. The molecule has 20 heavy (non-hydrogen) atoms. The number of hydrogen-bond donors (Lipinski definition) is 0. The highest BCUT2D eigenvalue weighted by atomic mass is 35.5. The average Bonchev–Trinajstić information content (AvgIpc) is 3.18. The summed E-state index contributed by atoms with van der Waals surface area (Å²) >= 11 is 12.2. The van der Waals surface area contributed by atoms with Crippen LogP contribution in [0.5, 0.6) is 0 Å². The van der Waals surface area contributed by atoms with E-state index in [9.17, 15) is 0 Å². The number of hydrogen-bond acceptors (Lipinski definition) is 3. The van der Waals surface area contributed by atoms with E-state index in [1.807, 2.05) is 13.0 Å². The van der Waals surface area contributed by atoms with Gasteiger partial charge in [-0.15, -0.1) is 11.6 Å². The van der Waals surface area contributed by atoms with Crippen molar-refractivity contribution in [3.05, 3.63) is 23.1 Å². The summed E-state index contributed by atoms with van der Waals surface area (Å²) in [6, 6.07) is 2.59. The second-order valence-corrected chi connectivity index (χ2v) is 6.54. The van der Waals surface area contributed by atoms with Crippen molar-refractivity contribution in [3.63, 3.8) is 0 Å². The van der Waals surface area contributed by atoms with Crippen molar-refractivity contribution in [3.8, 4) is 0 Å². The van der Waals surface area contributed by atoms with Crippen LogP contribution in [0.15, 0.2) is 12.3 Å². The molecule has 4 nitrogen and oxygen atoms in total. The molecule has 1 saturated carbocycles. The third-order valence-corrected chi connectivity index (χ3v) is 4.19. The molecule has 0 amide bonds. The van der Waals surface area contributed by atoms with Crippen molar-refractivity contribution >= 4 is 34.4 Å². The smallest absolute Gasteiger partial charge is 0.160 e. The minimum Gasteiger partial charge on any atom is -0.310 e. The van der Waals surface area contributed by atoms with E-state index in [1.54, 1.807) is 6.20 Å². The molecule has 1 unspecified atom stereocenters. The van der Waals surface area contributed by atoms with Gasteiger partial charge in [0.1, 0.15) is 11.3 Å². The van der Waals surface area contributed by atoms with Gasteiger partial charge in [0.25, 0.3) is 0 Å². The third kappa shape index (κ3) is 2.78. The van der Waals surface area contributed by atoms with E-state index in [0.29, 0.717) is 5.02 Å². The van der Waals surface area contributed by atoms with Gasteiger partial charge in [-0.05, 0) is 32.9 Å². The lowest BCUT2D eigenvalue weighted by Crippen LogP contribution is -2.26. The molecule has 3 rings (SSSR count). The van der Waals surface area contributed by atoms with Crippen molar-refractivity contribution in [1.82, 2.24) is 19.4 Å². The predicted molar refractivity (Wildman–Crippen MR) is 82.5 cm³/mol. The first-order chi connectivity index (χ1) is 9.56. The second-order valence-electron chi connectivity index (χ2n) is 5.45. The van der Waals surface area contributed by atoms with Crippen LogP contribution in [-0.4, -0.2) is 39.1 Å². The summed E-state index contributed by atoms with van der Waals surface area (Å²) in [5.41, 5.74) is 1.68. The summed E-state index contributed by atoms with van der Waals surface area (Å²) in [6.45, 7) is 3.77.